The fraction of sp³-hybridized carbons (Fsp3) is 0.235. The number of methoxy groups -OCH3 is 2. The van der Waals surface area contributed by atoms with Gasteiger partial charge in [0.1, 0.15) is 21.7 Å². The van der Waals surface area contributed by atoms with Crippen molar-refractivity contribution < 1.29 is 9.47 Å². The number of rotatable bonds is 6. The highest BCUT2D eigenvalue weighted by atomic mass is 32.1. The molecule has 0 bridgehead atoms. The molecule has 0 saturated heterocycles. The maximum atomic E-state index is 5.40. The van der Waals surface area contributed by atoms with Crippen molar-refractivity contribution in [3.8, 4) is 11.5 Å². The summed E-state index contributed by atoms with van der Waals surface area (Å²) in [5.41, 5.74) is 2.15. The second-order valence-corrected chi connectivity index (χ2v) is 5.83. The van der Waals surface area contributed by atoms with Crippen LogP contribution in [0.1, 0.15) is 5.56 Å². The molecule has 2 aromatic carbocycles. The Morgan fingerprint density at radius 3 is 2.45 bits per heavy atom. The summed E-state index contributed by atoms with van der Waals surface area (Å²) in [4.78, 5) is 4.63. The average Bonchev–Trinajstić information content (AvgIpc) is 2.99. The maximum absolute atomic E-state index is 5.40. The van der Waals surface area contributed by atoms with E-state index in [4.69, 9.17) is 9.47 Å². The quantitative estimate of drug-likeness (QED) is 0.747. The van der Waals surface area contributed by atoms with Gasteiger partial charge < -0.3 is 14.8 Å². The van der Waals surface area contributed by atoms with Crippen LogP contribution >= 0.6 is 11.3 Å². The lowest BCUT2D eigenvalue weighted by molar-refractivity contribution is 0.410. The van der Waals surface area contributed by atoms with Crippen LogP contribution in [0.2, 0.25) is 0 Å². The van der Waals surface area contributed by atoms with Crippen LogP contribution in [0.25, 0.3) is 10.2 Å². The van der Waals surface area contributed by atoms with Gasteiger partial charge in [0.25, 0.3) is 0 Å². The second kappa shape index (κ2) is 6.66. The van der Waals surface area contributed by atoms with Gasteiger partial charge in [-0.3, -0.25) is 0 Å². The minimum atomic E-state index is 0.767. The number of ether oxygens (including phenoxy) is 2. The Hall–Kier alpha value is -2.27. The molecule has 0 aliphatic heterocycles. The van der Waals surface area contributed by atoms with Gasteiger partial charge in [-0.25, -0.2) is 4.98 Å². The van der Waals surface area contributed by atoms with Gasteiger partial charge in [-0.05, 0) is 24.1 Å². The van der Waals surface area contributed by atoms with Gasteiger partial charge in [0.2, 0.25) is 0 Å². The van der Waals surface area contributed by atoms with E-state index in [1.54, 1.807) is 25.6 Å². The summed E-state index contributed by atoms with van der Waals surface area (Å²) in [7, 11) is 3.33. The first-order valence-electron chi connectivity index (χ1n) is 7.11. The van der Waals surface area contributed by atoms with Crippen LogP contribution in [0.5, 0.6) is 11.5 Å². The van der Waals surface area contributed by atoms with Crippen LogP contribution < -0.4 is 14.8 Å². The molecule has 1 heterocycles. The largest absolute Gasteiger partial charge is 0.495 e. The highest BCUT2D eigenvalue weighted by Gasteiger charge is 2.13. The topological polar surface area (TPSA) is 43.4 Å². The summed E-state index contributed by atoms with van der Waals surface area (Å²) < 4.78 is 11.8. The number of anilines is 1. The third kappa shape index (κ3) is 2.99. The Kier molecular flexibility index (Phi) is 4.44. The molecule has 0 radical (unpaired) electrons. The van der Waals surface area contributed by atoms with Crippen LogP contribution in [-0.4, -0.2) is 25.7 Å². The number of aromatic nitrogens is 1. The van der Waals surface area contributed by atoms with Gasteiger partial charge in [0, 0.05) is 6.54 Å². The lowest BCUT2D eigenvalue weighted by Gasteiger charge is -2.03. The summed E-state index contributed by atoms with van der Waals surface area (Å²) in [5.74, 6) is 1.59. The van der Waals surface area contributed by atoms with Gasteiger partial charge in [-0.2, -0.15) is 0 Å². The smallest absolute Gasteiger partial charge is 0.184 e. The number of nitrogens with one attached hydrogen (secondary N) is 1. The molecule has 0 spiro atoms. The summed E-state index contributed by atoms with van der Waals surface area (Å²) in [6.07, 6.45) is 0.963. The van der Waals surface area contributed by atoms with E-state index >= 15 is 0 Å². The third-order valence-electron chi connectivity index (χ3n) is 3.44. The zero-order valence-electron chi connectivity index (χ0n) is 12.6. The van der Waals surface area contributed by atoms with E-state index in [2.05, 4.69) is 34.6 Å². The van der Waals surface area contributed by atoms with Crippen molar-refractivity contribution in [1.82, 2.24) is 4.98 Å². The summed E-state index contributed by atoms with van der Waals surface area (Å²) >= 11 is 1.59. The van der Waals surface area contributed by atoms with Gasteiger partial charge >= 0.3 is 0 Å². The first kappa shape index (κ1) is 14.7. The van der Waals surface area contributed by atoms with Crippen molar-refractivity contribution in [2.45, 2.75) is 6.42 Å². The lowest BCUT2D eigenvalue weighted by Crippen LogP contribution is -2.04. The van der Waals surface area contributed by atoms with Crippen LogP contribution in [0.15, 0.2) is 42.5 Å². The molecular formula is C17H18N2O2S. The Morgan fingerprint density at radius 1 is 1.00 bits per heavy atom. The lowest BCUT2D eigenvalue weighted by atomic mass is 10.2. The van der Waals surface area contributed by atoms with E-state index in [1.807, 2.05) is 18.2 Å². The minimum absolute atomic E-state index is 0.767. The summed E-state index contributed by atoms with van der Waals surface area (Å²) in [5, 5.41) is 4.26. The fourth-order valence-electron chi connectivity index (χ4n) is 2.32. The molecule has 22 heavy (non-hydrogen) atoms. The zero-order valence-corrected chi connectivity index (χ0v) is 13.4. The van der Waals surface area contributed by atoms with Gasteiger partial charge in [-0.15, -0.1) is 0 Å². The second-order valence-electron chi connectivity index (χ2n) is 4.83. The average molecular weight is 314 g/mol. The molecule has 114 valence electrons. The molecule has 0 amide bonds. The van der Waals surface area contributed by atoms with Crippen molar-refractivity contribution in [2.75, 3.05) is 26.1 Å². The van der Waals surface area contributed by atoms with E-state index in [9.17, 15) is 0 Å². The van der Waals surface area contributed by atoms with E-state index < -0.39 is 0 Å². The first-order chi connectivity index (χ1) is 10.8. The van der Waals surface area contributed by atoms with E-state index in [1.165, 1.54) is 5.56 Å². The van der Waals surface area contributed by atoms with Crippen LogP contribution in [0.3, 0.4) is 0 Å². The standard InChI is InChI=1S/C17H18N2O2S/c1-20-13-8-9-14(21-2)16-15(13)19-17(22-16)18-11-10-12-6-4-3-5-7-12/h3-9H,10-11H2,1-2H3,(H,18,19). The van der Waals surface area contributed by atoms with Crippen molar-refractivity contribution in [2.24, 2.45) is 0 Å². The first-order valence-corrected chi connectivity index (χ1v) is 7.93. The van der Waals surface area contributed by atoms with Gasteiger partial charge in [0.15, 0.2) is 5.13 Å². The highest BCUT2D eigenvalue weighted by Crippen LogP contribution is 2.38. The highest BCUT2D eigenvalue weighted by molar-refractivity contribution is 7.22. The Labute approximate surface area is 133 Å². The summed E-state index contributed by atoms with van der Waals surface area (Å²) in [6, 6.07) is 14.2. The Bertz CT molecular complexity index is 715. The molecule has 3 aromatic rings. The Morgan fingerprint density at radius 2 is 1.73 bits per heavy atom. The minimum Gasteiger partial charge on any atom is -0.495 e. The molecule has 4 nitrogen and oxygen atoms in total. The number of thiazole rings is 1. The van der Waals surface area contributed by atoms with E-state index in [0.29, 0.717) is 0 Å². The van der Waals surface area contributed by atoms with Crippen LogP contribution in [0, 0.1) is 0 Å². The number of hydrogen-bond donors (Lipinski definition) is 1. The monoisotopic (exact) mass is 314 g/mol. The molecule has 5 heteroatoms. The van der Waals surface area contributed by atoms with Gasteiger partial charge in [0.05, 0.1) is 14.2 Å². The molecule has 0 atom stereocenters. The van der Waals surface area contributed by atoms with Crippen molar-refractivity contribution >= 4 is 26.7 Å². The molecule has 0 aliphatic rings. The fourth-order valence-corrected chi connectivity index (χ4v) is 3.32. The predicted molar refractivity (Wildman–Crippen MR) is 91.4 cm³/mol. The Balaban J connectivity index is 1.77. The molecule has 0 fully saturated rings. The van der Waals surface area contributed by atoms with Crippen molar-refractivity contribution in [3.63, 3.8) is 0 Å². The summed E-state index contributed by atoms with van der Waals surface area (Å²) in [6.45, 7) is 0.842. The maximum Gasteiger partial charge on any atom is 0.184 e. The van der Waals surface area contributed by atoms with Crippen molar-refractivity contribution in [1.29, 1.82) is 0 Å². The number of fused-ring (bicyclic) bond motifs is 1. The molecular weight excluding hydrogens is 296 g/mol. The predicted octanol–water partition coefficient (Wildman–Crippen LogP) is 3.97. The van der Waals surface area contributed by atoms with E-state index in [0.717, 1.165) is 39.8 Å². The normalized spacial score (nSPS) is 10.6. The molecule has 0 unspecified atom stereocenters. The van der Waals surface area contributed by atoms with Crippen molar-refractivity contribution in [3.05, 3.63) is 48.0 Å². The molecule has 1 aromatic heterocycles. The molecule has 3 rings (SSSR count). The van der Waals surface area contributed by atoms with Gasteiger partial charge in [-0.1, -0.05) is 41.7 Å². The van der Waals surface area contributed by atoms with E-state index in [-0.39, 0.29) is 0 Å². The molecule has 1 N–H and O–H groups in total. The third-order valence-corrected chi connectivity index (χ3v) is 4.47. The number of hydrogen-bond acceptors (Lipinski definition) is 5. The van der Waals surface area contributed by atoms with Crippen LogP contribution in [-0.2, 0) is 6.42 Å². The SMILES string of the molecule is COc1ccc(OC)c2sc(NCCc3ccccc3)nc12. The number of benzene rings is 2. The molecule has 0 saturated carbocycles. The van der Waals surface area contributed by atoms with Crippen LogP contribution in [0.4, 0.5) is 5.13 Å². The zero-order chi connectivity index (χ0) is 15.4. The number of nitrogens with zero attached hydrogens (tertiary/aromatic N) is 1. The molecule has 0 aliphatic carbocycles.